The molecule has 2 saturated heterocycles. The number of nitrogens with zero attached hydrogens (tertiary/aromatic N) is 6. The molecule has 6 heterocycles. The maximum absolute atomic E-state index is 13.4. The molecule has 4 aromatic heterocycles. The third-order valence-corrected chi connectivity index (χ3v) is 10.6. The minimum Gasteiger partial charge on any atom is -0.342 e. The number of carbonyl (C=O) groups is 1. The lowest BCUT2D eigenvalue weighted by molar-refractivity contribution is -0.138. The van der Waals surface area contributed by atoms with Gasteiger partial charge in [-0.1, -0.05) is 12.1 Å². The zero-order valence-electron chi connectivity index (χ0n) is 20.3. The van der Waals surface area contributed by atoms with Gasteiger partial charge in [0.2, 0.25) is 5.91 Å². The Labute approximate surface area is 219 Å². The van der Waals surface area contributed by atoms with Crippen molar-refractivity contribution in [3.8, 4) is 11.5 Å². The smallest absolute Gasteiger partial charge is 0.252 e. The molecule has 0 aliphatic carbocycles. The topological polar surface area (TPSA) is 101 Å². The third kappa shape index (κ3) is 4.55. The van der Waals surface area contributed by atoms with E-state index in [1.54, 1.807) is 29.9 Å². The summed E-state index contributed by atoms with van der Waals surface area (Å²) in [4.78, 5) is 29.3. The second-order valence-electron chi connectivity index (χ2n) is 9.53. The van der Waals surface area contributed by atoms with Crippen molar-refractivity contribution in [3.05, 3.63) is 60.2 Å². The van der Waals surface area contributed by atoms with Gasteiger partial charge in [-0.2, -0.15) is 4.31 Å². The van der Waals surface area contributed by atoms with E-state index in [0.29, 0.717) is 43.2 Å². The van der Waals surface area contributed by atoms with Gasteiger partial charge in [0.1, 0.15) is 15.4 Å². The predicted molar refractivity (Wildman–Crippen MR) is 141 cm³/mol. The number of amides is 1. The van der Waals surface area contributed by atoms with E-state index in [1.165, 1.54) is 15.6 Å². The number of fused-ring (bicyclic) bond motifs is 1. The maximum Gasteiger partial charge on any atom is 0.252 e. The number of likely N-dealkylation sites (tertiary alicyclic amines) is 1. The summed E-state index contributed by atoms with van der Waals surface area (Å²) in [6.07, 6.45) is 6.28. The van der Waals surface area contributed by atoms with Crippen LogP contribution in [-0.2, 0) is 14.8 Å². The number of aromatic nitrogens is 4. The highest BCUT2D eigenvalue weighted by Crippen LogP contribution is 2.33. The number of hydrogen-bond acceptors (Lipinski definition) is 7. The van der Waals surface area contributed by atoms with Crippen molar-refractivity contribution in [2.24, 2.45) is 5.92 Å². The van der Waals surface area contributed by atoms with Gasteiger partial charge in [0.05, 0.1) is 0 Å². The number of sulfonamides is 1. The Bertz CT molecular complexity index is 1490. The third-order valence-electron chi connectivity index (χ3n) is 7.38. The molecule has 0 N–H and O–H groups in total. The van der Waals surface area contributed by atoms with Crippen LogP contribution in [0.5, 0.6) is 0 Å². The Morgan fingerprint density at radius 3 is 2.38 bits per heavy atom. The molecule has 0 atom stereocenters. The largest absolute Gasteiger partial charge is 0.342 e. The highest BCUT2D eigenvalue weighted by Gasteiger charge is 2.36. The summed E-state index contributed by atoms with van der Waals surface area (Å²) in [5.74, 6) is 0.815. The van der Waals surface area contributed by atoms with Crippen molar-refractivity contribution in [2.75, 3.05) is 26.2 Å². The second-order valence-corrected chi connectivity index (χ2v) is 12.6. The van der Waals surface area contributed by atoms with E-state index in [-0.39, 0.29) is 17.9 Å². The average Bonchev–Trinajstić information content (AvgIpc) is 3.63. The normalized spacial score (nSPS) is 18.4. The summed E-state index contributed by atoms with van der Waals surface area (Å²) >= 11 is 1.23. The number of carbonyl (C=O) groups excluding carboxylic acids is 1. The Balaban J connectivity index is 1.13. The van der Waals surface area contributed by atoms with Crippen LogP contribution in [0.1, 0.15) is 31.7 Å². The van der Waals surface area contributed by atoms with Crippen LogP contribution in [0, 0.1) is 5.92 Å². The molecule has 192 valence electrons. The lowest BCUT2D eigenvalue weighted by atomic mass is 9.94. The summed E-state index contributed by atoms with van der Waals surface area (Å²) in [6, 6.07) is 13.2. The van der Waals surface area contributed by atoms with Crippen LogP contribution in [0.3, 0.4) is 0 Å². The molecule has 0 radical (unpaired) electrons. The number of hydrogen-bond donors (Lipinski definition) is 0. The van der Waals surface area contributed by atoms with Gasteiger partial charge < -0.3 is 9.47 Å². The van der Waals surface area contributed by atoms with Crippen LogP contribution < -0.4 is 0 Å². The molecule has 4 aromatic rings. The minimum atomic E-state index is -3.46. The van der Waals surface area contributed by atoms with Gasteiger partial charge >= 0.3 is 0 Å². The van der Waals surface area contributed by atoms with Gasteiger partial charge in [-0.25, -0.2) is 18.4 Å². The van der Waals surface area contributed by atoms with Crippen LogP contribution >= 0.6 is 11.3 Å². The summed E-state index contributed by atoms with van der Waals surface area (Å²) in [6.45, 7) is 2.08. The highest BCUT2D eigenvalue weighted by atomic mass is 32.2. The van der Waals surface area contributed by atoms with Crippen LogP contribution in [0.4, 0.5) is 0 Å². The Morgan fingerprint density at radius 2 is 1.68 bits per heavy atom. The fourth-order valence-electron chi connectivity index (χ4n) is 5.43. The molecule has 0 saturated carbocycles. The van der Waals surface area contributed by atoms with Crippen molar-refractivity contribution in [3.63, 3.8) is 0 Å². The quantitative estimate of drug-likeness (QED) is 0.384. The Morgan fingerprint density at radius 1 is 0.892 bits per heavy atom. The molecule has 0 bridgehead atoms. The SMILES string of the molecule is O=C(C1CCN(S(=O)(=O)c2cccs2)CC1)N1CCC(n2c(-c3ccccn3)nc3cccnc32)CC1. The highest BCUT2D eigenvalue weighted by molar-refractivity contribution is 7.91. The van der Waals surface area contributed by atoms with E-state index in [1.807, 2.05) is 35.2 Å². The van der Waals surface area contributed by atoms with Gasteiger partial charge in [0.15, 0.2) is 11.5 Å². The molecule has 0 aromatic carbocycles. The molecule has 11 heteroatoms. The van der Waals surface area contributed by atoms with Crippen molar-refractivity contribution in [1.82, 2.24) is 28.7 Å². The van der Waals surface area contributed by atoms with Gasteiger partial charge in [-0.15, -0.1) is 11.3 Å². The minimum absolute atomic E-state index is 0.133. The van der Waals surface area contributed by atoms with Gasteiger partial charge in [-0.05, 0) is 61.4 Å². The van der Waals surface area contributed by atoms with Crippen LogP contribution in [0.15, 0.2) is 64.4 Å². The number of pyridine rings is 2. The van der Waals surface area contributed by atoms with E-state index in [0.717, 1.165) is 35.5 Å². The van der Waals surface area contributed by atoms with Gasteiger partial charge in [0.25, 0.3) is 10.0 Å². The number of piperidine rings is 2. The summed E-state index contributed by atoms with van der Waals surface area (Å²) < 4.78 is 29.7. The first-order chi connectivity index (χ1) is 18.0. The lowest BCUT2D eigenvalue weighted by Gasteiger charge is -2.37. The number of imidazole rings is 1. The molecule has 2 aliphatic heterocycles. The predicted octanol–water partition coefficient (Wildman–Crippen LogP) is 3.82. The van der Waals surface area contributed by atoms with E-state index in [4.69, 9.17) is 4.98 Å². The average molecular weight is 537 g/mol. The molecule has 0 spiro atoms. The van der Waals surface area contributed by atoms with E-state index < -0.39 is 10.0 Å². The molecule has 9 nitrogen and oxygen atoms in total. The molecular weight excluding hydrogens is 508 g/mol. The lowest BCUT2D eigenvalue weighted by Crippen LogP contribution is -2.46. The first-order valence-electron chi connectivity index (χ1n) is 12.6. The van der Waals surface area contributed by atoms with Crippen LogP contribution in [-0.4, -0.2) is 69.2 Å². The zero-order valence-corrected chi connectivity index (χ0v) is 21.9. The van der Waals surface area contributed by atoms with Crippen molar-refractivity contribution < 1.29 is 13.2 Å². The standard InChI is InChI=1S/C26H28N6O3S2/c33-26(19-8-16-31(17-9-19)37(34,35)23-7-4-18-36-23)30-14-10-20(11-15-30)32-24-22(6-3-13-28-24)29-25(32)21-5-1-2-12-27-21/h1-7,12-13,18-20H,8-11,14-17H2. The molecular formula is C26H28N6O3S2. The van der Waals surface area contributed by atoms with Crippen LogP contribution in [0.25, 0.3) is 22.7 Å². The second kappa shape index (κ2) is 9.96. The Kier molecular flexibility index (Phi) is 6.51. The van der Waals surface area contributed by atoms with Gasteiger partial charge in [-0.3, -0.25) is 9.78 Å². The summed E-state index contributed by atoms with van der Waals surface area (Å²) in [7, 11) is -3.46. The van der Waals surface area contributed by atoms with E-state index in [2.05, 4.69) is 14.5 Å². The van der Waals surface area contributed by atoms with Crippen LogP contribution in [0.2, 0.25) is 0 Å². The molecule has 6 rings (SSSR count). The van der Waals surface area contributed by atoms with Crippen molar-refractivity contribution in [2.45, 2.75) is 35.9 Å². The number of thiophene rings is 1. The molecule has 2 fully saturated rings. The molecule has 37 heavy (non-hydrogen) atoms. The van der Waals surface area contributed by atoms with Crippen molar-refractivity contribution in [1.29, 1.82) is 0 Å². The van der Waals surface area contributed by atoms with Crippen molar-refractivity contribution >= 4 is 38.4 Å². The first-order valence-corrected chi connectivity index (χ1v) is 14.9. The Hall–Kier alpha value is -3.15. The van der Waals surface area contributed by atoms with Gasteiger partial charge in [0, 0.05) is 50.5 Å². The number of rotatable bonds is 5. The van der Waals surface area contributed by atoms with E-state index in [9.17, 15) is 13.2 Å². The fourth-order valence-corrected chi connectivity index (χ4v) is 8.05. The fraction of sp³-hybridized carbons (Fsp3) is 0.385. The zero-order chi connectivity index (χ0) is 25.4. The molecule has 0 unspecified atom stereocenters. The monoisotopic (exact) mass is 536 g/mol. The summed E-state index contributed by atoms with van der Waals surface area (Å²) in [5, 5.41) is 1.77. The summed E-state index contributed by atoms with van der Waals surface area (Å²) in [5.41, 5.74) is 2.49. The first kappa shape index (κ1) is 24.2. The molecule has 1 amide bonds. The van der Waals surface area contributed by atoms with E-state index >= 15 is 0 Å². The molecule has 2 aliphatic rings. The maximum atomic E-state index is 13.4.